The summed E-state index contributed by atoms with van der Waals surface area (Å²) in [7, 11) is 0. The van der Waals surface area contributed by atoms with Gasteiger partial charge >= 0.3 is 6.03 Å². The first-order valence-electron chi connectivity index (χ1n) is 10.7. The van der Waals surface area contributed by atoms with Crippen molar-refractivity contribution in [3.63, 3.8) is 0 Å². The molecule has 0 bridgehead atoms. The van der Waals surface area contributed by atoms with Gasteiger partial charge in [0, 0.05) is 18.3 Å². The van der Waals surface area contributed by atoms with E-state index in [-0.39, 0.29) is 23.9 Å². The van der Waals surface area contributed by atoms with Crippen LogP contribution in [0.3, 0.4) is 0 Å². The van der Waals surface area contributed by atoms with Crippen LogP contribution in [0.25, 0.3) is 0 Å². The number of hydrogen-bond acceptors (Lipinski definition) is 3. The van der Waals surface area contributed by atoms with Gasteiger partial charge in [0.15, 0.2) is 0 Å². The molecule has 0 atom stereocenters. The molecule has 2 aliphatic rings. The fourth-order valence-electron chi connectivity index (χ4n) is 4.32. The van der Waals surface area contributed by atoms with E-state index < -0.39 is 0 Å². The van der Waals surface area contributed by atoms with Crippen LogP contribution in [0.1, 0.15) is 64.8 Å². The predicted molar refractivity (Wildman–Crippen MR) is 116 cm³/mol. The van der Waals surface area contributed by atoms with Crippen LogP contribution in [0.4, 0.5) is 10.5 Å². The van der Waals surface area contributed by atoms with Crippen molar-refractivity contribution < 1.29 is 14.4 Å². The molecule has 2 aromatic carbocycles. The van der Waals surface area contributed by atoms with Crippen molar-refractivity contribution in [2.24, 2.45) is 0 Å². The quantitative estimate of drug-likeness (QED) is 0.553. The van der Waals surface area contributed by atoms with Crippen LogP contribution in [-0.4, -0.2) is 35.3 Å². The van der Waals surface area contributed by atoms with Crippen LogP contribution >= 0.6 is 0 Å². The monoisotopic (exact) mass is 405 g/mol. The van der Waals surface area contributed by atoms with E-state index in [1.807, 2.05) is 18.2 Å². The number of nitrogens with zero attached hydrogens (tertiary/aromatic N) is 1. The van der Waals surface area contributed by atoms with Crippen molar-refractivity contribution in [3.8, 4) is 0 Å². The first kappa shape index (κ1) is 20.1. The molecule has 0 unspecified atom stereocenters. The normalized spacial score (nSPS) is 16.5. The van der Waals surface area contributed by atoms with Crippen molar-refractivity contribution in [1.82, 2.24) is 10.2 Å². The number of aryl methyl sites for hydroxylation is 1. The Bertz CT molecular complexity index is 936. The molecule has 6 heteroatoms. The van der Waals surface area contributed by atoms with E-state index in [1.54, 1.807) is 18.2 Å². The summed E-state index contributed by atoms with van der Waals surface area (Å²) < 4.78 is 0. The molecule has 2 N–H and O–H groups in total. The van der Waals surface area contributed by atoms with E-state index in [4.69, 9.17) is 0 Å². The smallest absolute Gasteiger partial charge is 0.319 e. The lowest BCUT2D eigenvalue weighted by Gasteiger charge is -2.29. The summed E-state index contributed by atoms with van der Waals surface area (Å²) in [4.78, 5) is 39.2. The molecule has 1 heterocycles. The summed E-state index contributed by atoms with van der Waals surface area (Å²) in [5, 5.41) is 5.61. The maximum absolute atomic E-state index is 12.9. The molecule has 1 saturated carbocycles. The van der Waals surface area contributed by atoms with Gasteiger partial charge < -0.3 is 10.6 Å². The van der Waals surface area contributed by atoms with Crippen molar-refractivity contribution in [1.29, 1.82) is 0 Å². The van der Waals surface area contributed by atoms with Crippen LogP contribution in [0.15, 0.2) is 48.5 Å². The van der Waals surface area contributed by atoms with Crippen LogP contribution in [0, 0.1) is 0 Å². The number of urea groups is 1. The number of benzene rings is 2. The number of carbonyl (C=O) groups excluding carboxylic acids is 3. The lowest BCUT2D eigenvalue weighted by molar-refractivity contribution is 0.0549. The molecule has 6 nitrogen and oxygen atoms in total. The highest BCUT2D eigenvalue weighted by molar-refractivity contribution is 6.22. The molecule has 4 rings (SSSR count). The van der Waals surface area contributed by atoms with Crippen LogP contribution in [-0.2, 0) is 6.42 Å². The Morgan fingerprint density at radius 3 is 2.43 bits per heavy atom. The first-order valence-corrected chi connectivity index (χ1v) is 10.7. The molecule has 1 fully saturated rings. The van der Waals surface area contributed by atoms with E-state index in [2.05, 4.69) is 22.8 Å². The zero-order chi connectivity index (χ0) is 20.9. The number of carbonyl (C=O) groups is 3. The summed E-state index contributed by atoms with van der Waals surface area (Å²) in [6.07, 6.45) is 6.75. The van der Waals surface area contributed by atoms with E-state index in [9.17, 15) is 14.4 Å². The van der Waals surface area contributed by atoms with E-state index in [0.29, 0.717) is 23.4 Å². The van der Waals surface area contributed by atoms with Crippen LogP contribution < -0.4 is 10.6 Å². The minimum absolute atomic E-state index is 0.00419. The SMILES string of the molecule is O=C(NCCCc1ccccc1)Nc1ccc2c(c1)C(=O)N(C1CCCCC1)C2=O. The summed E-state index contributed by atoms with van der Waals surface area (Å²) in [5.74, 6) is -0.451. The molecule has 156 valence electrons. The molecule has 2 aromatic rings. The summed E-state index contributed by atoms with van der Waals surface area (Å²) >= 11 is 0. The highest BCUT2D eigenvalue weighted by Gasteiger charge is 2.40. The molecule has 0 radical (unpaired) electrons. The van der Waals surface area contributed by atoms with Gasteiger partial charge in [0.1, 0.15) is 0 Å². The molecular weight excluding hydrogens is 378 g/mol. The largest absolute Gasteiger partial charge is 0.338 e. The van der Waals surface area contributed by atoms with Gasteiger partial charge in [0.05, 0.1) is 11.1 Å². The van der Waals surface area contributed by atoms with Crippen LogP contribution in [0.2, 0.25) is 0 Å². The average Bonchev–Trinajstić information content (AvgIpc) is 3.02. The van der Waals surface area contributed by atoms with Gasteiger partial charge in [-0.05, 0) is 49.4 Å². The highest BCUT2D eigenvalue weighted by atomic mass is 16.2. The Morgan fingerprint density at radius 2 is 1.67 bits per heavy atom. The number of rotatable bonds is 6. The zero-order valence-corrected chi connectivity index (χ0v) is 17.0. The Labute approximate surface area is 176 Å². The van der Waals surface area contributed by atoms with Gasteiger partial charge in [-0.25, -0.2) is 4.79 Å². The minimum Gasteiger partial charge on any atom is -0.338 e. The zero-order valence-electron chi connectivity index (χ0n) is 17.0. The Balaban J connectivity index is 1.32. The third-order valence-corrected chi connectivity index (χ3v) is 5.89. The maximum Gasteiger partial charge on any atom is 0.319 e. The molecule has 4 amide bonds. The maximum atomic E-state index is 12.9. The predicted octanol–water partition coefficient (Wildman–Crippen LogP) is 4.37. The van der Waals surface area contributed by atoms with Gasteiger partial charge in [-0.3, -0.25) is 14.5 Å². The molecule has 1 aliphatic carbocycles. The second-order valence-corrected chi connectivity index (χ2v) is 8.00. The topological polar surface area (TPSA) is 78.5 Å². The summed E-state index contributed by atoms with van der Waals surface area (Å²) in [6, 6.07) is 14.7. The van der Waals surface area contributed by atoms with E-state index >= 15 is 0 Å². The van der Waals surface area contributed by atoms with Crippen molar-refractivity contribution >= 4 is 23.5 Å². The second kappa shape index (κ2) is 9.11. The summed E-state index contributed by atoms with van der Waals surface area (Å²) in [6.45, 7) is 0.554. The number of amides is 4. The Morgan fingerprint density at radius 1 is 0.933 bits per heavy atom. The standard InChI is InChI=1S/C24H27N3O3/c28-22-20-14-13-18(16-21(20)23(29)27(22)19-11-5-2-6-12-19)26-24(30)25-15-7-10-17-8-3-1-4-9-17/h1,3-4,8-9,13-14,16,19H,2,5-7,10-12,15H2,(H2,25,26,30). The highest BCUT2D eigenvalue weighted by Crippen LogP contribution is 2.32. The molecule has 0 aromatic heterocycles. The third kappa shape index (κ3) is 4.37. The first-order chi connectivity index (χ1) is 14.6. The van der Waals surface area contributed by atoms with Gasteiger partial charge in [-0.2, -0.15) is 0 Å². The van der Waals surface area contributed by atoms with Crippen molar-refractivity contribution in [3.05, 3.63) is 65.2 Å². The van der Waals surface area contributed by atoms with Crippen LogP contribution in [0.5, 0.6) is 0 Å². The van der Waals surface area contributed by atoms with Crippen molar-refractivity contribution in [2.75, 3.05) is 11.9 Å². The number of fused-ring (bicyclic) bond motifs is 1. The van der Waals surface area contributed by atoms with Gasteiger partial charge in [-0.1, -0.05) is 49.6 Å². The lowest BCUT2D eigenvalue weighted by Crippen LogP contribution is -2.40. The van der Waals surface area contributed by atoms with E-state index in [0.717, 1.165) is 44.9 Å². The number of nitrogens with one attached hydrogen (secondary N) is 2. The van der Waals surface area contributed by atoms with Gasteiger partial charge in [-0.15, -0.1) is 0 Å². The molecule has 0 spiro atoms. The van der Waals surface area contributed by atoms with Crippen molar-refractivity contribution in [2.45, 2.75) is 51.0 Å². The Kier molecular flexibility index (Phi) is 6.12. The summed E-state index contributed by atoms with van der Waals surface area (Å²) in [5.41, 5.74) is 2.57. The van der Waals surface area contributed by atoms with Gasteiger partial charge in [0.25, 0.3) is 11.8 Å². The lowest BCUT2D eigenvalue weighted by atomic mass is 9.94. The molecule has 0 saturated heterocycles. The average molecular weight is 405 g/mol. The molecule has 1 aliphatic heterocycles. The molecular formula is C24H27N3O3. The fourth-order valence-corrected chi connectivity index (χ4v) is 4.32. The number of hydrogen-bond donors (Lipinski definition) is 2. The number of imide groups is 1. The molecule has 30 heavy (non-hydrogen) atoms. The second-order valence-electron chi connectivity index (χ2n) is 8.00. The minimum atomic E-state index is -0.316. The number of anilines is 1. The Hall–Kier alpha value is -3.15. The third-order valence-electron chi connectivity index (χ3n) is 5.89. The van der Waals surface area contributed by atoms with E-state index in [1.165, 1.54) is 10.5 Å². The van der Waals surface area contributed by atoms with Gasteiger partial charge in [0.2, 0.25) is 0 Å². The fraction of sp³-hybridized carbons (Fsp3) is 0.375.